The Bertz CT molecular complexity index is 1040. The van der Waals surface area contributed by atoms with E-state index < -0.39 is 22.0 Å². The van der Waals surface area contributed by atoms with E-state index in [9.17, 15) is 18.0 Å². The van der Waals surface area contributed by atoms with E-state index in [0.29, 0.717) is 17.2 Å². The average molecular weight is 419 g/mol. The van der Waals surface area contributed by atoms with Gasteiger partial charge in [0.2, 0.25) is 15.9 Å². The third kappa shape index (κ3) is 5.61. The van der Waals surface area contributed by atoms with Crippen LogP contribution in [0.2, 0.25) is 0 Å². The van der Waals surface area contributed by atoms with Crippen molar-refractivity contribution in [2.45, 2.75) is 13.0 Å². The molecule has 0 bridgehead atoms. The van der Waals surface area contributed by atoms with Crippen molar-refractivity contribution < 1.29 is 27.5 Å². The van der Waals surface area contributed by atoms with Crippen LogP contribution in [0.1, 0.15) is 17.3 Å². The second-order valence-electron chi connectivity index (χ2n) is 6.52. The van der Waals surface area contributed by atoms with Crippen molar-refractivity contribution in [3.8, 4) is 11.5 Å². The molecule has 2 aromatic rings. The Hall–Kier alpha value is -3.27. The largest absolute Gasteiger partial charge is 0.486 e. The molecule has 0 aromatic heterocycles. The van der Waals surface area contributed by atoms with Crippen LogP contribution in [-0.4, -0.2) is 45.7 Å². The Morgan fingerprint density at radius 2 is 1.86 bits per heavy atom. The first kappa shape index (κ1) is 20.5. The van der Waals surface area contributed by atoms with Crippen molar-refractivity contribution in [3.63, 3.8) is 0 Å². The van der Waals surface area contributed by atoms with Crippen molar-refractivity contribution in [1.82, 2.24) is 5.32 Å². The highest BCUT2D eigenvalue weighted by molar-refractivity contribution is 7.92. The third-order valence-corrected chi connectivity index (χ3v) is 4.53. The van der Waals surface area contributed by atoms with Crippen molar-refractivity contribution in [1.29, 1.82) is 0 Å². The summed E-state index contributed by atoms with van der Waals surface area (Å²) in [5, 5.41) is 5.28. The van der Waals surface area contributed by atoms with E-state index in [4.69, 9.17) is 9.47 Å². The molecule has 0 saturated carbocycles. The monoisotopic (exact) mass is 419 g/mol. The number of hydrogen-bond donors (Lipinski definition) is 3. The maximum atomic E-state index is 12.7. The van der Waals surface area contributed by atoms with Crippen LogP contribution >= 0.6 is 0 Å². The summed E-state index contributed by atoms with van der Waals surface area (Å²) in [5.74, 6) is 0.389. The number of nitrogens with one attached hydrogen (secondary N) is 3. The van der Waals surface area contributed by atoms with E-state index in [1.54, 1.807) is 12.1 Å². The van der Waals surface area contributed by atoms with Crippen LogP contribution in [0.5, 0.6) is 11.5 Å². The zero-order valence-electron chi connectivity index (χ0n) is 15.9. The van der Waals surface area contributed by atoms with E-state index in [0.717, 1.165) is 6.26 Å². The van der Waals surface area contributed by atoms with Crippen LogP contribution in [0.4, 0.5) is 11.4 Å². The molecule has 10 heteroatoms. The van der Waals surface area contributed by atoms with Crippen molar-refractivity contribution in [2.75, 3.05) is 29.4 Å². The molecule has 3 rings (SSSR count). The lowest BCUT2D eigenvalue weighted by molar-refractivity contribution is -0.114. The number of fused-ring (bicyclic) bond motifs is 1. The molecule has 0 saturated heterocycles. The predicted molar refractivity (Wildman–Crippen MR) is 108 cm³/mol. The molecule has 1 unspecified atom stereocenters. The molecule has 9 nitrogen and oxygen atoms in total. The molecule has 1 aliphatic heterocycles. The minimum absolute atomic E-state index is 0.0683. The molecule has 2 amide bonds. The fraction of sp³-hybridized carbons (Fsp3) is 0.263. The Balaban J connectivity index is 1.73. The number of anilines is 2. The predicted octanol–water partition coefficient (Wildman–Crippen LogP) is 1.59. The minimum Gasteiger partial charge on any atom is -0.486 e. The molecule has 154 valence electrons. The van der Waals surface area contributed by atoms with E-state index in [2.05, 4.69) is 15.4 Å². The van der Waals surface area contributed by atoms with E-state index in [-0.39, 0.29) is 30.3 Å². The highest BCUT2D eigenvalue weighted by atomic mass is 32.2. The van der Waals surface area contributed by atoms with Gasteiger partial charge in [-0.1, -0.05) is 12.1 Å². The molecule has 1 heterocycles. The topological polar surface area (TPSA) is 123 Å². The van der Waals surface area contributed by atoms with Gasteiger partial charge in [-0.05, 0) is 30.3 Å². The Kier molecular flexibility index (Phi) is 5.92. The molecule has 1 aliphatic rings. The fourth-order valence-corrected chi connectivity index (χ4v) is 3.34. The fourth-order valence-electron chi connectivity index (χ4n) is 2.77. The minimum atomic E-state index is -3.60. The van der Waals surface area contributed by atoms with E-state index in [1.807, 2.05) is 12.1 Å². The van der Waals surface area contributed by atoms with Gasteiger partial charge in [0, 0.05) is 12.6 Å². The van der Waals surface area contributed by atoms with Gasteiger partial charge in [0.25, 0.3) is 5.91 Å². The molecule has 1 atom stereocenters. The highest BCUT2D eigenvalue weighted by Gasteiger charge is 2.22. The second-order valence-corrected chi connectivity index (χ2v) is 8.27. The summed E-state index contributed by atoms with van der Waals surface area (Å²) >= 11 is 0. The summed E-state index contributed by atoms with van der Waals surface area (Å²) in [6.45, 7) is 1.74. The normalized spacial score (nSPS) is 15.3. The first-order valence-corrected chi connectivity index (χ1v) is 10.7. The first-order valence-electron chi connectivity index (χ1n) is 8.77. The smallest absolute Gasteiger partial charge is 0.253 e. The van der Waals surface area contributed by atoms with Crippen LogP contribution in [0.15, 0.2) is 42.5 Å². The van der Waals surface area contributed by atoms with Gasteiger partial charge in [0.15, 0.2) is 11.5 Å². The zero-order chi connectivity index (χ0) is 21.0. The SMILES string of the molecule is CC(=O)Nc1ccc(NS(C)(=O)=O)c(C(=O)NCC2COc3ccccc3O2)c1. The summed E-state index contributed by atoms with van der Waals surface area (Å²) in [5.41, 5.74) is 0.539. The average Bonchev–Trinajstić information content (AvgIpc) is 2.65. The van der Waals surface area contributed by atoms with Gasteiger partial charge in [0.05, 0.1) is 24.1 Å². The summed E-state index contributed by atoms with van der Waals surface area (Å²) in [7, 11) is -3.60. The maximum absolute atomic E-state index is 12.7. The zero-order valence-corrected chi connectivity index (χ0v) is 16.7. The number of rotatable bonds is 6. The molecule has 3 N–H and O–H groups in total. The molecular weight excluding hydrogens is 398 g/mol. The van der Waals surface area contributed by atoms with Crippen LogP contribution in [-0.2, 0) is 14.8 Å². The van der Waals surface area contributed by atoms with Gasteiger partial charge in [0.1, 0.15) is 12.7 Å². The Labute approximate surface area is 168 Å². The Morgan fingerprint density at radius 1 is 1.14 bits per heavy atom. The molecule has 0 fully saturated rings. The van der Waals surface area contributed by atoms with Gasteiger partial charge in [-0.25, -0.2) is 8.42 Å². The molecule has 0 aliphatic carbocycles. The molecular formula is C19H21N3O6S. The van der Waals surface area contributed by atoms with Crippen LogP contribution in [0, 0.1) is 0 Å². The summed E-state index contributed by atoms with van der Waals surface area (Å²) in [6.07, 6.45) is 0.583. The van der Waals surface area contributed by atoms with Crippen molar-refractivity contribution in [2.24, 2.45) is 0 Å². The van der Waals surface area contributed by atoms with Crippen molar-refractivity contribution in [3.05, 3.63) is 48.0 Å². The number of sulfonamides is 1. The summed E-state index contributed by atoms with van der Waals surface area (Å²) in [6, 6.07) is 11.5. The second kappa shape index (κ2) is 8.39. The number of carbonyl (C=O) groups is 2. The summed E-state index contributed by atoms with van der Waals surface area (Å²) < 4.78 is 36.9. The Morgan fingerprint density at radius 3 is 2.55 bits per heavy atom. The number of para-hydroxylation sites is 2. The van der Waals surface area contributed by atoms with Crippen LogP contribution in [0.25, 0.3) is 0 Å². The highest BCUT2D eigenvalue weighted by Crippen LogP contribution is 2.30. The molecule has 0 radical (unpaired) electrons. The lowest BCUT2D eigenvalue weighted by atomic mass is 10.1. The number of benzene rings is 2. The standard InChI is InChI=1S/C19H21N3O6S/c1-12(23)21-13-7-8-16(22-29(2,25)26)15(9-13)19(24)20-10-14-11-27-17-5-3-4-6-18(17)28-14/h3-9,14,22H,10-11H2,1-2H3,(H,20,24)(H,21,23). The van der Waals surface area contributed by atoms with Crippen LogP contribution in [0.3, 0.4) is 0 Å². The number of hydrogen-bond acceptors (Lipinski definition) is 6. The van der Waals surface area contributed by atoms with Crippen LogP contribution < -0.4 is 24.8 Å². The maximum Gasteiger partial charge on any atom is 0.253 e. The lowest BCUT2D eigenvalue weighted by Gasteiger charge is -2.26. The van der Waals surface area contributed by atoms with Gasteiger partial charge in [-0.3, -0.25) is 14.3 Å². The van der Waals surface area contributed by atoms with E-state index >= 15 is 0 Å². The first-order chi connectivity index (χ1) is 13.7. The number of ether oxygens (including phenoxy) is 2. The van der Waals surface area contributed by atoms with Gasteiger partial charge < -0.3 is 20.1 Å². The van der Waals surface area contributed by atoms with Gasteiger partial charge in [-0.2, -0.15) is 0 Å². The van der Waals surface area contributed by atoms with Crippen molar-refractivity contribution >= 4 is 33.2 Å². The molecule has 2 aromatic carbocycles. The third-order valence-electron chi connectivity index (χ3n) is 3.94. The quantitative estimate of drug-likeness (QED) is 0.653. The number of amides is 2. The van der Waals surface area contributed by atoms with Gasteiger partial charge >= 0.3 is 0 Å². The lowest BCUT2D eigenvalue weighted by Crippen LogP contribution is -2.41. The summed E-state index contributed by atoms with van der Waals surface area (Å²) in [4.78, 5) is 24.0. The number of carbonyl (C=O) groups excluding carboxylic acids is 2. The molecule has 29 heavy (non-hydrogen) atoms. The molecule has 0 spiro atoms. The van der Waals surface area contributed by atoms with E-state index in [1.165, 1.54) is 25.1 Å². The van der Waals surface area contributed by atoms with Gasteiger partial charge in [-0.15, -0.1) is 0 Å².